The van der Waals surface area contributed by atoms with Crippen molar-refractivity contribution in [1.82, 2.24) is 0 Å². The molecule has 0 unspecified atom stereocenters. The molecule has 0 amide bonds. The highest BCUT2D eigenvalue weighted by Gasteiger charge is 2.41. The highest BCUT2D eigenvalue weighted by atomic mass is 16.7. The molecule has 4 atom stereocenters. The van der Waals surface area contributed by atoms with Gasteiger partial charge in [0.2, 0.25) is 0 Å². The van der Waals surface area contributed by atoms with Crippen molar-refractivity contribution in [2.75, 3.05) is 6.61 Å². The van der Waals surface area contributed by atoms with E-state index in [0.29, 0.717) is 6.61 Å². The fraction of sp³-hybridized carbons (Fsp3) is 0.500. The Bertz CT molecular complexity index is 342. The van der Waals surface area contributed by atoms with Crippen molar-refractivity contribution in [3.05, 3.63) is 35.9 Å². The molecule has 1 aromatic carbocycles. The van der Waals surface area contributed by atoms with Crippen molar-refractivity contribution in [3.63, 3.8) is 0 Å². The summed E-state index contributed by atoms with van der Waals surface area (Å²) in [6.07, 6.45) is -4.40. The summed E-state index contributed by atoms with van der Waals surface area (Å²) in [4.78, 5) is 0. The number of hydrogen-bond donors (Lipinski definition) is 3. The monoisotopic (exact) mass is 240 g/mol. The van der Waals surface area contributed by atoms with Crippen LogP contribution in [0.5, 0.6) is 0 Å². The average molecular weight is 240 g/mol. The van der Waals surface area contributed by atoms with E-state index in [2.05, 4.69) is 0 Å². The molecular formula is C12H16O5. The maximum atomic E-state index is 9.51. The zero-order chi connectivity index (χ0) is 12.3. The molecular weight excluding hydrogens is 224 g/mol. The van der Waals surface area contributed by atoms with Crippen LogP contribution in [0.15, 0.2) is 30.3 Å². The number of ether oxygens (including phenoxy) is 2. The van der Waals surface area contributed by atoms with Gasteiger partial charge >= 0.3 is 0 Å². The largest absolute Gasteiger partial charge is 0.387 e. The maximum absolute atomic E-state index is 9.51. The van der Waals surface area contributed by atoms with Crippen LogP contribution in [0, 0.1) is 0 Å². The molecule has 5 heteroatoms. The van der Waals surface area contributed by atoms with Crippen molar-refractivity contribution >= 4 is 0 Å². The smallest absolute Gasteiger partial charge is 0.184 e. The quantitative estimate of drug-likeness (QED) is 0.670. The van der Waals surface area contributed by atoms with Gasteiger partial charge in [-0.2, -0.15) is 0 Å². The molecule has 1 aromatic rings. The van der Waals surface area contributed by atoms with Gasteiger partial charge in [-0.15, -0.1) is 0 Å². The lowest BCUT2D eigenvalue weighted by Gasteiger charge is -2.14. The molecule has 1 aliphatic rings. The Balaban J connectivity index is 1.76. The molecule has 0 spiro atoms. The van der Waals surface area contributed by atoms with Gasteiger partial charge in [0, 0.05) is 0 Å². The van der Waals surface area contributed by atoms with Gasteiger partial charge in [-0.3, -0.25) is 0 Å². The zero-order valence-electron chi connectivity index (χ0n) is 9.27. The van der Waals surface area contributed by atoms with Gasteiger partial charge in [0.15, 0.2) is 6.29 Å². The molecule has 1 fully saturated rings. The van der Waals surface area contributed by atoms with Crippen LogP contribution in [0.4, 0.5) is 0 Å². The molecule has 94 valence electrons. The third-order valence-corrected chi connectivity index (χ3v) is 2.73. The van der Waals surface area contributed by atoms with Crippen molar-refractivity contribution < 1.29 is 24.8 Å². The first kappa shape index (κ1) is 12.5. The summed E-state index contributed by atoms with van der Waals surface area (Å²) in [5.74, 6) is 0. The van der Waals surface area contributed by atoms with Gasteiger partial charge < -0.3 is 24.8 Å². The normalized spacial score (nSPS) is 32.9. The topological polar surface area (TPSA) is 79.2 Å². The maximum Gasteiger partial charge on any atom is 0.184 e. The number of hydrogen-bond acceptors (Lipinski definition) is 5. The summed E-state index contributed by atoms with van der Waals surface area (Å²) in [5, 5.41) is 27.9. The fourth-order valence-electron chi connectivity index (χ4n) is 1.73. The predicted octanol–water partition coefficient (Wildman–Crippen LogP) is -0.358. The minimum atomic E-state index is -1.34. The minimum absolute atomic E-state index is 0.129. The summed E-state index contributed by atoms with van der Waals surface area (Å²) in [7, 11) is 0. The van der Waals surface area contributed by atoms with Crippen LogP contribution in [0.3, 0.4) is 0 Å². The third kappa shape index (κ3) is 3.02. The van der Waals surface area contributed by atoms with E-state index in [4.69, 9.17) is 14.6 Å². The van der Waals surface area contributed by atoms with E-state index >= 15 is 0 Å². The first-order valence-corrected chi connectivity index (χ1v) is 5.50. The Morgan fingerprint density at radius 1 is 1.06 bits per heavy atom. The number of aliphatic hydroxyl groups is 3. The van der Waals surface area contributed by atoms with Gasteiger partial charge in [0.1, 0.15) is 18.3 Å². The van der Waals surface area contributed by atoms with E-state index in [0.717, 1.165) is 5.56 Å². The van der Waals surface area contributed by atoms with Crippen molar-refractivity contribution in [3.8, 4) is 0 Å². The lowest BCUT2D eigenvalue weighted by atomic mass is 10.1. The van der Waals surface area contributed by atoms with Crippen LogP contribution < -0.4 is 0 Å². The van der Waals surface area contributed by atoms with Crippen molar-refractivity contribution in [2.45, 2.75) is 31.2 Å². The molecule has 17 heavy (non-hydrogen) atoms. The highest BCUT2D eigenvalue weighted by Crippen LogP contribution is 2.19. The van der Waals surface area contributed by atoms with Crippen LogP contribution in [0.2, 0.25) is 0 Å². The second kappa shape index (κ2) is 5.57. The van der Waals surface area contributed by atoms with E-state index in [1.165, 1.54) is 0 Å². The molecule has 1 aliphatic heterocycles. The molecule has 1 heterocycles. The molecule has 0 aliphatic carbocycles. The van der Waals surface area contributed by atoms with Crippen LogP contribution in [-0.2, 0) is 16.1 Å². The number of benzene rings is 1. The Labute approximate surface area is 99.2 Å². The van der Waals surface area contributed by atoms with Crippen molar-refractivity contribution in [1.29, 1.82) is 0 Å². The average Bonchev–Trinajstić information content (AvgIpc) is 2.59. The summed E-state index contributed by atoms with van der Waals surface area (Å²) >= 11 is 0. The van der Waals surface area contributed by atoms with Crippen molar-refractivity contribution in [2.24, 2.45) is 0 Å². The second-order valence-corrected chi connectivity index (χ2v) is 4.05. The third-order valence-electron chi connectivity index (χ3n) is 2.73. The summed E-state index contributed by atoms with van der Waals surface area (Å²) in [6.45, 7) is 0.532. The summed E-state index contributed by atoms with van der Waals surface area (Å²) in [5.41, 5.74) is 1.01. The molecule has 5 nitrogen and oxygen atoms in total. The van der Waals surface area contributed by atoms with Gasteiger partial charge in [-0.25, -0.2) is 0 Å². The first-order valence-electron chi connectivity index (χ1n) is 5.50. The van der Waals surface area contributed by atoms with E-state index in [9.17, 15) is 10.2 Å². The van der Waals surface area contributed by atoms with E-state index in [1.54, 1.807) is 0 Å². The number of aliphatic hydroxyl groups excluding tert-OH is 3. The predicted molar refractivity (Wildman–Crippen MR) is 59.0 cm³/mol. The highest BCUT2D eigenvalue weighted by molar-refractivity contribution is 5.13. The molecule has 0 bridgehead atoms. The minimum Gasteiger partial charge on any atom is -0.387 e. The lowest BCUT2D eigenvalue weighted by Crippen LogP contribution is -2.34. The standard InChI is InChI=1S/C12H16O5/c13-10-9(17-12(15)11(10)14)7-16-6-8-4-2-1-3-5-8/h1-5,9-15H,6-7H2/t9-,10-,11-,12+/m1/s1. The van der Waals surface area contributed by atoms with Gasteiger partial charge in [-0.1, -0.05) is 30.3 Å². The van der Waals surface area contributed by atoms with Crippen LogP contribution >= 0.6 is 0 Å². The Kier molecular flexibility index (Phi) is 4.09. The van der Waals surface area contributed by atoms with Crippen LogP contribution in [0.1, 0.15) is 5.56 Å². The van der Waals surface area contributed by atoms with Crippen LogP contribution in [0.25, 0.3) is 0 Å². The zero-order valence-corrected chi connectivity index (χ0v) is 9.27. The Morgan fingerprint density at radius 3 is 2.35 bits per heavy atom. The van der Waals surface area contributed by atoms with Gasteiger partial charge in [0.25, 0.3) is 0 Å². The fourth-order valence-corrected chi connectivity index (χ4v) is 1.73. The van der Waals surface area contributed by atoms with Crippen LogP contribution in [-0.4, -0.2) is 46.5 Å². The molecule has 3 N–H and O–H groups in total. The van der Waals surface area contributed by atoms with Gasteiger partial charge in [0.05, 0.1) is 13.2 Å². The molecule has 0 saturated carbocycles. The summed E-state index contributed by atoms with van der Waals surface area (Å²) < 4.78 is 10.3. The van der Waals surface area contributed by atoms with E-state index in [-0.39, 0.29) is 6.61 Å². The first-order chi connectivity index (χ1) is 8.18. The molecule has 0 aromatic heterocycles. The second-order valence-electron chi connectivity index (χ2n) is 4.05. The van der Waals surface area contributed by atoms with Gasteiger partial charge in [-0.05, 0) is 5.56 Å². The van der Waals surface area contributed by atoms with E-state index in [1.807, 2.05) is 30.3 Å². The summed E-state index contributed by atoms with van der Waals surface area (Å²) in [6, 6.07) is 9.59. The Morgan fingerprint density at radius 2 is 1.76 bits per heavy atom. The molecule has 1 saturated heterocycles. The lowest BCUT2D eigenvalue weighted by molar-refractivity contribution is -0.137. The van der Waals surface area contributed by atoms with E-state index < -0.39 is 24.6 Å². The SMILES string of the molecule is O[C@@H]1[C@H](O)[C@@H](COCc2ccccc2)O[C@@H]1O. The molecule has 2 rings (SSSR count). The number of rotatable bonds is 4. The molecule has 0 radical (unpaired) electrons. The Hall–Kier alpha value is -0.980.